The van der Waals surface area contributed by atoms with Crippen LogP contribution in [0.1, 0.15) is 26.6 Å². The lowest BCUT2D eigenvalue weighted by Gasteiger charge is -2.23. The summed E-state index contributed by atoms with van der Waals surface area (Å²) in [5.74, 6) is 0.498. The molecule has 0 unspecified atom stereocenters. The Morgan fingerprint density at radius 2 is 1.93 bits per heavy atom. The fourth-order valence-electron chi connectivity index (χ4n) is 1.13. The number of rotatable bonds is 2. The lowest BCUT2D eigenvalue weighted by atomic mass is 10.0. The summed E-state index contributed by atoms with van der Waals surface area (Å²) in [6, 6.07) is 0. The van der Waals surface area contributed by atoms with Gasteiger partial charge >= 0.3 is 0 Å². The Balaban J connectivity index is 2.91. The first-order chi connectivity index (χ1) is 6.42. The zero-order valence-corrected chi connectivity index (χ0v) is 9.92. The van der Waals surface area contributed by atoms with Crippen molar-refractivity contribution in [2.45, 2.75) is 26.3 Å². The first-order valence-corrected chi connectivity index (χ1v) is 4.98. The van der Waals surface area contributed by atoms with Crippen LogP contribution in [0.15, 0.2) is 16.9 Å². The number of hydrogen-bond acceptors (Lipinski definition) is 3. The third kappa shape index (κ3) is 2.77. The van der Waals surface area contributed by atoms with Crippen molar-refractivity contribution >= 4 is 21.8 Å². The van der Waals surface area contributed by atoms with E-state index in [1.807, 2.05) is 13.8 Å². The van der Waals surface area contributed by atoms with Crippen LogP contribution in [0.25, 0.3) is 0 Å². The van der Waals surface area contributed by atoms with E-state index in [0.29, 0.717) is 5.82 Å². The van der Waals surface area contributed by atoms with Gasteiger partial charge in [0.15, 0.2) is 5.82 Å². The average Bonchev–Trinajstić information content (AvgIpc) is 2.02. The number of nitrogens with zero attached hydrogens (tertiary/aromatic N) is 2. The van der Waals surface area contributed by atoms with Crippen LogP contribution in [0.3, 0.4) is 0 Å². The fourth-order valence-corrected chi connectivity index (χ4v) is 1.34. The van der Waals surface area contributed by atoms with Gasteiger partial charge in [0.2, 0.25) is 5.91 Å². The minimum absolute atomic E-state index is 0.0958. The predicted octanol–water partition coefficient (Wildman–Crippen LogP) is 1.61. The van der Waals surface area contributed by atoms with Crippen LogP contribution in [0, 0.1) is 0 Å². The monoisotopic (exact) mass is 257 g/mol. The molecule has 0 bridgehead atoms. The Morgan fingerprint density at radius 3 is 2.36 bits per heavy atom. The maximum absolute atomic E-state index is 10.9. The van der Waals surface area contributed by atoms with Crippen LogP contribution in [-0.4, -0.2) is 15.9 Å². The molecule has 1 aromatic heterocycles. The van der Waals surface area contributed by atoms with Crippen LogP contribution in [0.2, 0.25) is 0 Å². The summed E-state index contributed by atoms with van der Waals surface area (Å²) < 4.78 is 0.819. The predicted molar refractivity (Wildman–Crippen MR) is 56.6 cm³/mol. The van der Waals surface area contributed by atoms with E-state index in [2.05, 4.69) is 31.2 Å². The molecule has 0 aliphatic carbocycles. The first-order valence-electron chi connectivity index (χ1n) is 4.18. The zero-order chi connectivity index (χ0) is 10.8. The topological polar surface area (TPSA) is 54.9 Å². The SMILES string of the molecule is CC(=O)NC(C)(C)c1ncc(Br)cn1. The summed E-state index contributed by atoms with van der Waals surface area (Å²) in [5.41, 5.74) is -0.535. The van der Waals surface area contributed by atoms with Crippen molar-refractivity contribution in [3.63, 3.8) is 0 Å². The van der Waals surface area contributed by atoms with E-state index in [0.717, 1.165) is 4.47 Å². The van der Waals surface area contributed by atoms with E-state index >= 15 is 0 Å². The molecule has 0 aromatic carbocycles. The van der Waals surface area contributed by atoms with Gasteiger partial charge in [0.05, 0.1) is 10.0 Å². The quantitative estimate of drug-likeness (QED) is 0.876. The number of amides is 1. The summed E-state index contributed by atoms with van der Waals surface area (Å²) in [5, 5.41) is 2.78. The van der Waals surface area contributed by atoms with Crippen molar-refractivity contribution in [2.24, 2.45) is 0 Å². The Kier molecular flexibility index (Phi) is 3.21. The van der Waals surface area contributed by atoms with Gasteiger partial charge in [-0.3, -0.25) is 4.79 Å². The van der Waals surface area contributed by atoms with Gasteiger partial charge in [-0.1, -0.05) is 0 Å². The molecule has 0 aliphatic rings. The Bertz CT molecular complexity index is 334. The number of hydrogen-bond donors (Lipinski definition) is 1. The molecule has 76 valence electrons. The fraction of sp³-hybridized carbons (Fsp3) is 0.444. The molecule has 0 atom stereocenters. The van der Waals surface area contributed by atoms with E-state index in [9.17, 15) is 4.79 Å². The minimum Gasteiger partial charge on any atom is -0.344 e. The van der Waals surface area contributed by atoms with Crippen molar-refractivity contribution < 1.29 is 4.79 Å². The smallest absolute Gasteiger partial charge is 0.217 e. The maximum Gasteiger partial charge on any atom is 0.217 e. The van der Waals surface area contributed by atoms with Crippen LogP contribution in [0.5, 0.6) is 0 Å². The molecule has 4 nitrogen and oxygen atoms in total. The molecule has 1 heterocycles. The molecule has 5 heteroatoms. The molecule has 0 aliphatic heterocycles. The summed E-state index contributed by atoms with van der Waals surface area (Å²) in [6.45, 7) is 5.19. The van der Waals surface area contributed by atoms with E-state index < -0.39 is 5.54 Å². The third-order valence-electron chi connectivity index (χ3n) is 1.67. The Hall–Kier alpha value is -0.970. The van der Waals surface area contributed by atoms with Crippen molar-refractivity contribution in [1.29, 1.82) is 0 Å². The van der Waals surface area contributed by atoms with Crippen LogP contribution in [0.4, 0.5) is 0 Å². The molecule has 0 radical (unpaired) electrons. The van der Waals surface area contributed by atoms with Crippen molar-refractivity contribution in [1.82, 2.24) is 15.3 Å². The molecular weight excluding hydrogens is 246 g/mol. The van der Waals surface area contributed by atoms with E-state index in [1.165, 1.54) is 6.92 Å². The molecule has 0 saturated heterocycles. The second-order valence-electron chi connectivity index (χ2n) is 3.53. The van der Waals surface area contributed by atoms with Crippen LogP contribution in [-0.2, 0) is 10.3 Å². The second kappa shape index (κ2) is 4.04. The van der Waals surface area contributed by atoms with Gasteiger partial charge in [0.25, 0.3) is 0 Å². The Labute approximate surface area is 91.3 Å². The Morgan fingerprint density at radius 1 is 1.43 bits per heavy atom. The normalized spacial score (nSPS) is 11.1. The van der Waals surface area contributed by atoms with E-state index in [4.69, 9.17) is 0 Å². The van der Waals surface area contributed by atoms with E-state index in [1.54, 1.807) is 12.4 Å². The van der Waals surface area contributed by atoms with Gasteiger partial charge in [0.1, 0.15) is 0 Å². The third-order valence-corrected chi connectivity index (χ3v) is 2.08. The average molecular weight is 258 g/mol. The molecular formula is C9H12BrN3O. The second-order valence-corrected chi connectivity index (χ2v) is 4.45. The molecule has 1 aromatic rings. The number of nitrogens with one attached hydrogen (secondary N) is 1. The first kappa shape index (κ1) is 11.1. The van der Waals surface area contributed by atoms with Gasteiger partial charge in [-0.2, -0.15) is 0 Å². The van der Waals surface area contributed by atoms with Crippen LogP contribution >= 0.6 is 15.9 Å². The highest BCUT2D eigenvalue weighted by Gasteiger charge is 2.24. The van der Waals surface area contributed by atoms with Crippen molar-refractivity contribution in [2.75, 3.05) is 0 Å². The molecule has 1 amide bonds. The van der Waals surface area contributed by atoms with Gasteiger partial charge in [-0.15, -0.1) is 0 Å². The molecule has 0 fully saturated rings. The molecule has 14 heavy (non-hydrogen) atoms. The summed E-state index contributed by atoms with van der Waals surface area (Å²) in [7, 11) is 0. The van der Waals surface area contributed by atoms with E-state index in [-0.39, 0.29) is 5.91 Å². The molecule has 1 N–H and O–H groups in total. The minimum atomic E-state index is -0.535. The standard InChI is InChI=1S/C9H12BrN3O/c1-6(14)13-9(2,3)8-11-4-7(10)5-12-8/h4-5H,1-3H3,(H,13,14). The molecule has 0 saturated carbocycles. The maximum atomic E-state index is 10.9. The highest BCUT2D eigenvalue weighted by molar-refractivity contribution is 9.10. The van der Waals surface area contributed by atoms with Crippen molar-refractivity contribution in [3.05, 3.63) is 22.7 Å². The largest absolute Gasteiger partial charge is 0.344 e. The van der Waals surface area contributed by atoms with Gasteiger partial charge < -0.3 is 5.32 Å². The summed E-state index contributed by atoms with van der Waals surface area (Å²) in [6.07, 6.45) is 3.32. The molecule has 0 spiro atoms. The van der Waals surface area contributed by atoms with Gasteiger partial charge in [-0.05, 0) is 29.8 Å². The zero-order valence-electron chi connectivity index (χ0n) is 8.34. The lowest BCUT2D eigenvalue weighted by Crippen LogP contribution is -2.41. The number of aromatic nitrogens is 2. The highest BCUT2D eigenvalue weighted by atomic mass is 79.9. The summed E-state index contributed by atoms with van der Waals surface area (Å²) in [4.78, 5) is 19.2. The number of carbonyl (C=O) groups excluding carboxylic acids is 1. The van der Waals surface area contributed by atoms with Gasteiger partial charge in [-0.25, -0.2) is 9.97 Å². The number of carbonyl (C=O) groups is 1. The number of halogens is 1. The summed E-state index contributed by atoms with van der Waals surface area (Å²) >= 11 is 3.25. The van der Waals surface area contributed by atoms with Crippen molar-refractivity contribution in [3.8, 4) is 0 Å². The van der Waals surface area contributed by atoms with Crippen LogP contribution < -0.4 is 5.32 Å². The lowest BCUT2D eigenvalue weighted by molar-refractivity contribution is -0.120. The molecule has 1 rings (SSSR count). The van der Waals surface area contributed by atoms with Gasteiger partial charge in [0, 0.05) is 19.3 Å². The highest BCUT2D eigenvalue weighted by Crippen LogP contribution is 2.16.